The van der Waals surface area contributed by atoms with Crippen LogP contribution >= 0.6 is 11.8 Å². The van der Waals surface area contributed by atoms with E-state index in [-0.39, 0.29) is 23.0 Å². The Balaban J connectivity index is 1.97. The van der Waals surface area contributed by atoms with Gasteiger partial charge in [-0.1, -0.05) is 42.1 Å². The van der Waals surface area contributed by atoms with Gasteiger partial charge in [-0.25, -0.2) is 4.98 Å². The molecule has 25 heavy (non-hydrogen) atoms. The number of nitrogens with one attached hydrogen (secondary N) is 2. The zero-order valence-electron chi connectivity index (χ0n) is 13.9. The number of esters is 1. The van der Waals surface area contributed by atoms with Gasteiger partial charge in [0, 0.05) is 12.6 Å². The van der Waals surface area contributed by atoms with Crippen molar-refractivity contribution in [2.75, 3.05) is 7.11 Å². The third-order valence-corrected chi connectivity index (χ3v) is 4.28. The first-order valence-electron chi connectivity index (χ1n) is 7.63. The molecular formula is C17H19N3O4S. The van der Waals surface area contributed by atoms with Crippen molar-refractivity contribution in [3.63, 3.8) is 0 Å². The number of hydrogen-bond donors (Lipinski definition) is 2. The Kier molecular flexibility index (Phi) is 6.76. The molecule has 1 amide bonds. The molecule has 0 fully saturated rings. The molecule has 0 saturated heterocycles. The van der Waals surface area contributed by atoms with Crippen molar-refractivity contribution in [3.05, 3.63) is 58.0 Å². The standard InChI is InChI=1S/C17H19N3O4S/c1-11(16(23)18-10-12-6-4-3-5-7-12)25-17-19-13(8-14(21)20-17)9-15(22)24-2/h3-8,11H,9-10H2,1-2H3,(H,18,23)(H,19,20,21). The van der Waals surface area contributed by atoms with E-state index in [0.717, 1.165) is 17.3 Å². The van der Waals surface area contributed by atoms with Gasteiger partial charge >= 0.3 is 5.97 Å². The zero-order valence-corrected chi connectivity index (χ0v) is 14.8. The number of carbonyl (C=O) groups is 2. The maximum absolute atomic E-state index is 12.2. The lowest BCUT2D eigenvalue weighted by molar-refractivity contribution is -0.139. The number of H-pyrrole nitrogens is 1. The van der Waals surface area contributed by atoms with E-state index in [2.05, 4.69) is 20.0 Å². The second-order valence-corrected chi connectivity index (χ2v) is 6.59. The normalized spacial score (nSPS) is 11.6. The predicted molar refractivity (Wildman–Crippen MR) is 94.2 cm³/mol. The van der Waals surface area contributed by atoms with E-state index in [1.165, 1.54) is 13.2 Å². The Morgan fingerprint density at radius 2 is 2.04 bits per heavy atom. The molecule has 0 aliphatic rings. The molecule has 2 aromatic rings. The molecule has 0 radical (unpaired) electrons. The number of benzene rings is 1. The molecule has 0 aliphatic heterocycles. The molecule has 1 aromatic heterocycles. The van der Waals surface area contributed by atoms with Crippen LogP contribution in [0.5, 0.6) is 0 Å². The highest BCUT2D eigenvalue weighted by atomic mass is 32.2. The highest BCUT2D eigenvalue weighted by Gasteiger charge is 2.16. The quantitative estimate of drug-likeness (QED) is 0.438. The van der Waals surface area contributed by atoms with E-state index >= 15 is 0 Å². The second kappa shape index (κ2) is 9.03. The van der Waals surface area contributed by atoms with E-state index in [9.17, 15) is 14.4 Å². The fourth-order valence-electron chi connectivity index (χ4n) is 2.00. The number of amides is 1. The summed E-state index contributed by atoms with van der Waals surface area (Å²) >= 11 is 1.12. The van der Waals surface area contributed by atoms with Crippen LogP contribution in [0.15, 0.2) is 46.3 Å². The summed E-state index contributed by atoms with van der Waals surface area (Å²) in [5.74, 6) is -0.655. The molecule has 1 heterocycles. The lowest BCUT2D eigenvalue weighted by atomic mass is 10.2. The first-order valence-corrected chi connectivity index (χ1v) is 8.51. The van der Waals surface area contributed by atoms with Crippen LogP contribution in [-0.4, -0.2) is 34.2 Å². The van der Waals surface area contributed by atoms with Crippen LogP contribution in [0.2, 0.25) is 0 Å². The topological polar surface area (TPSA) is 101 Å². The molecular weight excluding hydrogens is 342 g/mol. The molecule has 0 bridgehead atoms. The number of aromatic amines is 1. The van der Waals surface area contributed by atoms with Crippen molar-refractivity contribution >= 4 is 23.6 Å². The number of nitrogens with zero attached hydrogens (tertiary/aromatic N) is 1. The van der Waals surface area contributed by atoms with E-state index in [1.807, 2.05) is 30.3 Å². The highest BCUT2D eigenvalue weighted by molar-refractivity contribution is 8.00. The van der Waals surface area contributed by atoms with Crippen molar-refractivity contribution in [3.8, 4) is 0 Å². The minimum absolute atomic E-state index is 0.0947. The molecule has 7 nitrogen and oxygen atoms in total. The van der Waals surface area contributed by atoms with Crippen molar-refractivity contribution in [1.29, 1.82) is 0 Å². The lowest BCUT2D eigenvalue weighted by Gasteiger charge is -2.12. The Labute approximate surface area is 149 Å². The molecule has 0 spiro atoms. The van der Waals surface area contributed by atoms with Gasteiger partial charge in [0.05, 0.1) is 24.5 Å². The third-order valence-electron chi connectivity index (χ3n) is 3.29. The van der Waals surface area contributed by atoms with Crippen molar-refractivity contribution < 1.29 is 14.3 Å². The lowest BCUT2D eigenvalue weighted by Crippen LogP contribution is -2.30. The van der Waals surface area contributed by atoms with Gasteiger partial charge in [-0.2, -0.15) is 0 Å². The van der Waals surface area contributed by atoms with Gasteiger partial charge in [-0.15, -0.1) is 0 Å². The van der Waals surface area contributed by atoms with E-state index < -0.39 is 11.2 Å². The SMILES string of the molecule is COC(=O)Cc1cc(=O)[nH]c(SC(C)C(=O)NCc2ccccc2)n1. The van der Waals surface area contributed by atoms with Gasteiger partial charge < -0.3 is 15.0 Å². The molecule has 1 atom stereocenters. The van der Waals surface area contributed by atoms with Crippen molar-refractivity contribution in [2.24, 2.45) is 0 Å². The van der Waals surface area contributed by atoms with Crippen molar-refractivity contribution in [1.82, 2.24) is 15.3 Å². The molecule has 2 N–H and O–H groups in total. The highest BCUT2D eigenvalue weighted by Crippen LogP contribution is 2.18. The first-order chi connectivity index (χ1) is 12.0. The number of ether oxygens (including phenoxy) is 1. The van der Waals surface area contributed by atoms with Gasteiger partial charge in [0.1, 0.15) is 0 Å². The Morgan fingerprint density at radius 3 is 2.72 bits per heavy atom. The fourth-order valence-corrected chi connectivity index (χ4v) is 2.85. The molecule has 0 saturated carbocycles. The summed E-state index contributed by atoms with van der Waals surface area (Å²) in [6, 6.07) is 10.8. The average Bonchev–Trinajstić information content (AvgIpc) is 2.59. The van der Waals surface area contributed by atoms with Crippen molar-refractivity contribution in [2.45, 2.75) is 30.3 Å². The number of carbonyl (C=O) groups excluding carboxylic acids is 2. The van der Waals surface area contributed by atoms with Crippen LogP contribution in [-0.2, 0) is 27.3 Å². The Hall–Kier alpha value is -2.61. The van der Waals surface area contributed by atoms with E-state index in [0.29, 0.717) is 12.2 Å². The van der Waals surface area contributed by atoms with Gasteiger partial charge in [0.25, 0.3) is 5.56 Å². The van der Waals surface area contributed by atoms with Crippen LogP contribution in [0, 0.1) is 0 Å². The fraction of sp³-hybridized carbons (Fsp3) is 0.294. The smallest absolute Gasteiger partial charge is 0.311 e. The summed E-state index contributed by atoms with van der Waals surface area (Å²) in [7, 11) is 1.27. The van der Waals surface area contributed by atoms with Crippen LogP contribution < -0.4 is 10.9 Å². The number of hydrogen-bond acceptors (Lipinski definition) is 6. The third kappa shape index (κ3) is 6.07. The van der Waals surface area contributed by atoms with Gasteiger partial charge in [0.15, 0.2) is 5.16 Å². The number of rotatable bonds is 7. The summed E-state index contributed by atoms with van der Waals surface area (Å²) in [5, 5.41) is 2.66. The average molecular weight is 361 g/mol. The largest absolute Gasteiger partial charge is 0.469 e. The van der Waals surface area contributed by atoms with E-state index in [4.69, 9.17) is 0 Å². The zero-order chi connectivity index (χ0) is 18.2. The number of methoxy groups -OCH3 is 1. The van der Waals surface area contributed by atoms with E-state index in [1.54, 1.807) is 6.92 Å². The van der Waals surface area contributed by atoms with Gasteiger partial charge in [-0.05, 0) is 12.5 Å². The Bertz CT molecular complexity index is 792. The molecule has 1 unspecified atom stereocenters. The van der Waals surface area contributed by atoms with Gasteiger partial charge in [-0.3, -0.25) is 14.4 Å². The minimum atomic E-state index is -0.484. The first kappa shape index (κ1) is 18.7. The summed E-state index contributed by atoms with van der Waals surface area (Å²) in [6.07, 6.45) is -0.0947. The summed E-state index contributed by atoms with van der Waals surface area (Å²) < 4.78 is 4.57. The summed E-state index contributed by atoms with van der Waals surface area (Å²) in [6.45, 7) is 2.15. The van der Waals surface area contributed by atoms with Crippen LogP contribution in [0.1, 0.15) is 18.2 Å². The molecule has 2 rings (SSSR count). The van der Waals surface area contributed by atoms with Crippen LogP contribution in [0.3, 0.4) is 0 Å². The molecule has 1 aromatic carbocycles. The maximum Gasteiger partial charge on any atom is 0.311 e. The number of aromatic nitrogens is 2. The van der Waals surface area contributed by atoms with Crippen LogP contribution in [0.4, 0.5) is 0 Å². The summed E-state index contributed by atoms with van der Waals surface area (Å²) in [4.78, 5) is 41.9. The Morgan fingerprint density at radius 1 is 1.32 bits per heavy atom. The van der Waals surface area contributed by atoms with Gasteiger partial charge in [0.2, 0.25) is 5.91 Å². The monoisotopic (exact) mass is 361 g/mol. The molecule has 0 aliphatic carbocycles. The van der Waals surface area contributed by atoms with Crippen LogP contribution in [0.25, 0.3) is 0 Å². The number of thioether (sulfide) groups is 1. The molecule has 8 heteroatoms. The maximum atomic E-state index is 12.2. The summed E-state index contributed by atoms with van der Waals surface area (Å²) in [5.41, 5.74) is 0.919. The second-order valence-electron chi connectivity index (χ2n) is 5.26. The molecule has 132 valence electrons. The predicted octanol–water partition coefficient (Wildman–Crippen LogP) is 1.28. The minimum Gasteiger partial charge on any atom is -0.469 e.